The number of hydrogen-bond acceptors (Lipinski definition) is 1. The van der Waals surface area contributed by atoms with Crippen LogP contribution >= 0.6 is 0 Å². The number of halogens is 3. The summed E-state index contributed by atoms with van der Waals surface area (Å²) in [6.07, 6.45) is -3.68. The van der Waals surface area contributed by atoms with E-state index in [9.17, 15) is 18.0 Å². The van der Waals surface area contributed by atoms with Gasteiger partial charge in [0.05, 0.1) is 5.56 Å². The maximum atomic E-state index is 13.0. The van der Waals surface area contributed by atoms with Gasteiger partial charge >= 0.3 is 12.1 Å². The first kappa shape index (κ1) is 15.3. The van der Waals surface area contributed by atoms with E-state index in [4.69, 9.17) is 5.11 Å². The number of carboxylic acids is 1. The summed E-state index contributed by atoms with van der Waals surface area (Å²) in [5, 5.41) is 8.84. The number of carboxylic acid groups (broad SMARTS) is 1. The van der Waals surface area contributed by atoms with Crippen molar-refractivity contribution >= 4 is 11.5 Å². The molecule has 19 heavy (non-hydrogen) atoms. The first-order valence-corrected chi connectivity index (χ1v) is 5.65. The number of aliphatic carboxylic acids is 1. The SMILES string of the molecule is CC(C)(C)/C(=C\C(=O)O)c1ccccc1C(F)(F)F. The van der Waals surface area contributed by atoms with Crippen molar-refractivity contribution < 1.29 is 23.1 Å². The zero-order chi connectivity index (χ0) is 14.8. The van der Waals surface area contributed by atoms with Gasteiger partial charge in [0, 0.05) is 6.08 Å². The third-order valence-corrected chi connectivity index (χ3v) is 2.60. The molecule has 0 saturated heterocycles. The quantitative estimate of drug-likeness (QED) is 0.818. The molecule has 1 aromatic carbocycles. The van der Waals surface area contributed by atoms with Crippen LogP contribution in [-0.2, 0) is 11.0 Å². The van der Waals surface area contributed by atoms with Crippen molar-refractivity contribution in [3.05, 3.63) is 41.5 Å². The van der Waals surface area contributed by atoms with Gasteiger partial charge in [0.1, 0.15) is 0 Å². The fourth-order valence-corrected chi connectivity index (χ4v) is 1.79. The first-order chi connectivity index (χ1) is 8.53. The summed E-state index contributed by atoms with van der Waals surface area (Å²) in [7, 11) is 0. The average molecular weight is 272 g/mol. The Balaban J connectivity index is 3.54. The van der Waals surface area contributed by atoms with E-state index >= 15 is 0 Å². The largest absolute Gasteiger partial charge is 0.478 e. The fourth-order valence-electron chi connectivity index (χ4n) is 1.79. The van der Waals surface area contributed by atoms with Gasteiger partial charge in [-0.15, -0.1) is 0 Å². The number of hydrogen-bond donors (Lipinski definition) is 1. The highest BCUT2D eigenvalue weighted by Gasteiger charge is 2.35. The highest BCUT2D eigenvalue weighted by Crippen LogP contribution is 2.41. The molecule has 2 nitrogen and oxygen atoms in total. The maximum Gasteiger partial charge on any atom is 0.416 e. The maximum absolute atomic E-state index is 13.0. The van der Waals surface area contributed by atoms with Crippen LogP contribution in [0.15, 0.2) is 30.3 Å². The summed E-state index contributed by atoms with van der Waals surface area (Å²) < 4.78 is 38.9. The van der Waals surface area contributed by atoms with Gasteiger partial charge in [-0.3, -0.25) is 0 Å². The van der Waals surface area contributed by atoms with Gasteiger partial charge < -0.3 is 5.11 Å². The summed E-state index contributed by atoms with van der Waals surface area (Å²) in [4.78, 5) is 10.8. The van der Waals surface area contributed by atoms with E-state index in [1.54, 1.807) is 20.8 Å². The molecule has 0 atom stereocenters. The predicted molar refractivity (Wildman–Crippen MR) is 66.5 cm³/mol. The predicted octanol–water partition coefficient (Wildman–Crippen LogP) is 4.22. The monoisotopic (exact) mass is 272 g/mol. The minimum Gasteiger partial charge on any atom is -0.478 e. The van der Waals surface area contributed by atoms with E-state index in [1.807, 2.05) is 0 Å². The van der Waals surface area contributed by atoms with Gasteiger partial charge in [-0.1, -0.05) is 39.0 Å². The minimum atomic E-state index is -4.51. The number of allylic oxidation sites excluding steroid dienone is 1. The number of carbonyl (C=O) groups is 1. The zero-order valence-electron chi connectivity index (χ0n) is 10.9. The van der Waals surface area contributed by atoms with E-state index in [-0.39, 0.29) is 11.1 Å². The van der Waals surface area contributed by atoms with Crippen LogP contribution in [0.3, 0.4) is 0 Å². The Labute approximate surface area is 109 Å². The van der Waals surface area contributed by atoms with E-state index in [0.29, 0.717) is 0 Å². The Hall–Kier alpha value is -1.78. The third-order valence-electron chi connectivity index (χ3n) is 2.60. The van der Waals surface area contributed by atoms with E-state index < -0.39 is 23.1 Å². The Bertz CT molecular complexity index is 508. The topological polar surface area (TPSA) is 37.3 Å². The summed E-state index contributed by atoms with van der Waals surface area (Å²) >= 11 is 0. The molecule has 1 rings (SSSR count). The van der Waals surface area contributed by atoms with Crippen LogP contribution in [0.4, 0.5) is 13.2 Å². The molecule has 0 aliphatic rings. The molecule has 0 aromatic heterocycles. The first-order valence-electron chi connectivity index (χ1n) is 5.65. The lowest BCUT2D eigenvalue weighted by Crippen LogP contribution is -2.16. The molecule has 0 fully saturated rings. The van der Waals surface area contributed by atoms with Crippen molar-refractivity contribution in [2.45, 2.75) is 26.9 Å². The van der Waals surface area contributed by atoms with Gasteiger partial charge in [0.2, 0.25) is 0 Å². The standard InChI is InChI=1S/C14H15F3O2/c1-13(2,3)11(8-12(18)19)9-6-4-5-7-10(9)14(15,16)17/h4-8H,1-3H3,(H,18,19)/b11-8-. The Morgan fingerprint density at radius 3 is 2.11 bits per heavy atom. The molecule has 104 valence electrons. The molecule has 0 aliphatic heterocycles. The molecule has 0 heterocycles. The van der Waals surface area contributed by atoms with E-state index in [0.717, 1.165) is 12.1 Å². The lowest BCUT2D eigenvalue weighted by molar-refractivity contribution is -0.138. The second-order valence-electron chi connectivity index (χ2n) is 5.19. The van der Waals surface area contributed by atoms with Gasteiger partial charge in [-0.05, 0) is 22.6 Å². The van der Waals surface area contributed by atoms with Crippen LogP contribution in [-0.4, -0.2) is 11.1 Å². The molecular formula is C14H15F3O2. The van der Waals surface area contributed by atoms with Crippen molar-refractivity contribution in [2.75, 3.05) is 0 Å². The third kappa shape index (κ3) is 3.84. The van der Waals surface area contributed by atoms with Crippen molar-refractivity contribution in [3.63, 3.8) is 0 Å². The number of benzene rings is 1. The highest BCUT2D eigenvalue weighted by molar-refractivity contribution is 5.91. The van der Waals surface area contributed by atoms with Gasteiger partial charge in [-0.2, -0.15) is 13.2 Å². The fraction of sp³-hybridized carbons (Fsp3) is 0.357. The summed E-state index contributed by atoms with van der Waals surface area (Å²) in [6.45, 7) is 5.03. The molecule has 0 bridgehead atoms. The number of rotatable bonds is 2. The van der Waals surface area contributed by atoms with E-state index in [1.165, 1.54) is 18.2 Å². The van der Waals surface area contributed by atoms with Crippen LogP contribution in [0.5, 0.6) is 0 Å². The van der Waals surface area contributed by atoms with Gasteiger partial charge in [-0.25, -0.2) is 4.79 Å². The van der Waals surface area contributed by atoms with Crippen LogP contribution in [0, 0.1) is 5.41 Å². The Morgan fingerprint density at radius 1 is 1.16 bits per heavy atom. The second-order valence-corrected chi connectivity index (χ2v) is 5.19. The average Bonchev–Trinajstić information content (AvgIpc) is 2.23. The van der Waals surface area contributed by atoms with Crippen molar-refractivity contribution in [1.29, 1.82) is 0 Å². The number of alkyl halides is 3. The lowest BCUT2D eigenvalue weighted by atomic mass is 9.80. The van der Waals surface area contributed by atoms with Crippen molar-refractivity contribution in [2.24, 2.45) is 5.41 Å². The van der Waals surface area contributed by atoms with Gasteiger partial charge in [0.25, 0.3) is 0 Å². The molecule has 0 unspecified atom stereocenters. The van der Waals surface area contributed by atoms with Crippen LogP contribution in [0.2, 0.25) is 0 Å². The zero-order valence-corrected chi connectivity index (χ0v) is 10.9. The summed E-state index contributed by atoms with van der Waals surface area (Å²) in [5.41, 5.74) is -1.48. The van der Waals surface area contributed by atoms with E-state index in [2.05, 4.69) is 0 Å². The normalized spacial score (nSPS) is 13.5. The Kier molecular flexibility index (Phi) is 4.08. The van der Waals surface area contributed by atoms with Crippen LogP contribution in [0.25, 0.3) is 5.57 Å². The molecule has 5 heteroatoms. The summed E-state index contributed by atoms with van der Waals surface area (Å²) in [5.74, 6) is -1.26. The molecule has 0 aliphatic carbocycles. The Morgan fingerprint density at radius 2 is 1.68 bits per heavy atom. The molecular weight excluding hydrogens is 257 g/mol. The molecule has 0 amide bonds. The van der Waals surface area contributed by atoms with Crippen LogP contribution < -0.4 is 0 Å². The molecule has 1 N–H and O–H groups in total. The smallest absolute Gasteiger partial charge is 0.416 e. The van der Waals surface area contributed by atoms with Crippen molar-refractivity contribution in [1.82, 2.24) is 0 Å². The molecule has 1 aromatic rings. The van der Waals surface area contributed by atoms with Gasteiger partial charge in [0.15, 0.2) is 0 Å². The second kappa shape index (κ2) is 5.07. The highest BCUT2D eigenvalue weighted by atomic mass is 19.4. The molecule has 0 spiro atoms. The molecule has 0 radical (unpaired) electrons. The summed E-state index contributed by atoms with van der Waals surface area (Å²) in [6, 6.07) is 5.00. The lowest BCUT2D eigenvalue weighted by Gasteiger charge is -2.25. The minimum absolute atomic E-state index is 0.0927. The molecule has 0 saturated carbocycles. The van der Waals surface area contributed by atoms with Crippen molar-refractivity contribution in [3.8, 4) is 0 Å². The van der Waals surface area contributed by atoms with Crippen LogP contribution in [0.1, 0.15) is 31.9 Å².